The van der Waals surface area contributed by atoms with Gasteiger partial charge < -0.3 is 23.7 Å². The molecule has 0 saturated heterocycles. The Kier molecular flexibility index (Phi) is 8.70. The predicted molar refractivity (Wildman–Crippen MR) is 156 cm³/mol. The molecule has 8 nitrogen and oxygen atoms in total. The maximum atomic E-state index is 13.8. The molecule has 41 heavy (non-hydrogen) atoms. The molecule has 0 fully saturated rings. The van der Waals surface area contributed by atoms with E-state index in [9.17, 15) is 14.4 Å². The summed E-state index contributed by atoms with van der Waals surface area (Å²) in [6, 6.07) is 20.0. The second-order valence-electron chi connectivity index (χ2n) is 9.72. The van der Waals surface area contributed by atoms with Gasteiger partial charge in [0.05, 0.1) is 23.8 Å². The fourth-order valence-electron chi connectivity index (χ4n) is 4.68. The van der Waals surface area contributed by atoms with Crippen molar-refractivity contribution in [1.82, 2.24) is 9.80 Å². The Morgan fingerprint density at radius 1 is 0.902 bits per heavy atom. The topological polar surface area (TPSA) is 89.3 Å². The molecule has 3 aromatic carbocycles. The van der Waals surface area contributed by atoms with Crippen LogP contribution < -0.4 is 14.9 Å². The molecular weight excluding hydrogens is 544 g/mol. The summed E-state index contributed by atoms with van der Waals surface area (Å²) in [6.45, 7) is 4.07. The molecule has 5 rings (SSSR count). The summed E-state index contributed by atoms with van der Waals surface area (Å²) in [5.74, 6) is 0.715. The summed E-state index contributed by atoms with van der Waals surface area (Å²) in [5, 5.41) is 0.735. The lowest BCUT2D eigenvalue weighted by molar-refractivity contribution is -0.140. The quantitative estimate of drug-likeness (QED) is 0.225. The summed E-state index contributed by atoms with van der Waals surface area (Å²) in [4.78, 5) is 43.2. The molecule has 0 spiro atoms. The van der Waals surface area contributed by atoms with E-state index in [4.69, 9.17) is 25.5 Å². The van der Waals surface area contributed by atoms with Crippen molar-refractivity contribution in [3.63, 3.8) is 0 Å². The number of hydrogen-bond donors (Lipinski definition) is 0. The van der Waals surface area contributed by atoms with E-state index in [0.717, 1.165) is 11.1 Å². The lowest BCUT2D eigenvalue weighted by Crippen LogP contribution is -2.43. The Labute approximate surface area is 242 Å². The average Bonchev–Trinajstić information content (AvgIpc) is 3.45. The standard InChI is InChI=1S/C32H29ClN2O6/c1-2-14-34(30(36)13-9-22-6-4-3-5-7-22)19-31(37)35(17-23-8-11-28-29(15-23)41-21-40-28)18-24-20-39-27-12-10-25(33)16-26(27)32(24)38/h2-8,10-12,15-16,20H,1,9,13-14,17-19,21H2. The first kappa shape index (κ1) is 28.0. The van der Waals surface area contributed by atoms with Crippen LogP contribution in [-0.2, 0) is 29.1 Å². The molecule has 0 atom stereocenters. The van der Waals surface area contributed by atoms with Crippen molar-refractivity contribution in [3.8, 4) is 11.5 Å². The van der Waals surface area contributed by atoms with Gasteiger partial charge in [-0.3, -0.25) is 14.4 Å². The highest BCUT2D eigenvalue weighted by Crippen LogP contribution is 2.33. The highest BCUT2D eigenvalue weighted by molar-refractivity contribution is 6.31. The first-order chi connectivity index (χ1) is 19.9. The molecule has 2 amide bonds. The number of carbonyl (C=O) groups excluding carboxylic acids is 2. The Bertz CT molecular complexity index is 1630. The summed E-state index contributed by atoms with van der Waals surface area (Å²) in [7, 11) is 0. The number of rotatable bonds is 11. The van der Waals surface area contributed by atoms with Crippen LogP contribution in [0.4, 0.5) is 0 Å². The van der Waals surface area contributed by atoms with Crippen molar-refractivity contribution in [3.05, 3.63) is 118 Å². The van der Waals surface area contributed by atoms with E-state index in [0.29, 0.717) is 39.5 Å². The molecule has 1 aliphatic rings. The Morgan fingerprint density at radius 2 is 1.71 bits per heavy atom. The van der Waals surface area contributed by atoms with Crippen molar-refractivity contribution >= 4 is 34.4 Å². The molecule has 1 aromatic heterocycles. The third-order valence-corrected chi connectivity index (χ3v) is 7.06. The number of aryl methyl sites for hydroxylation is 1. The van der Waals surface area contributed by atoms with E-state index < -0.39 is 0 Å². The van der Waals surface area contributed by atoms with Gasteiger partial charge in [0, 0.05) is 24.5 Å². The molecular formula is C32H29ClN2O6. The van der Waals surface area contributed by atoms with Crippen molar-refractivity contribution in [2.45, 2.75) is 25.9 Å². The largest absolute Gasteiger partial charge is 0.464 e. The van der Waals surface area contributed by atoms with E-state index in [-0.39, 0.29) is 56.6 Å². The fraction of sp³-hybridized carbons (Fsp3) is 0.219. The number of hydrogen-bond acceptors (Lipinski definition) is 6. The summed E-state index contributed by atoms with van der Waals surface area (Å²) < 4.78 is 16.6. The van der Waals surface area contributed by atoms with Crippen LogP contribution in [0.15, 0.2) is 94.9 Å². The Morgan fingerprint density at radius 3 is 2.51 bits per heavy atom. The van der Waals surface area contributed by atoms with Gasteiger partial charge in [-0.25, -0.2) is 0 Å². The van der Waals surface area contributed by atoms with Gasteiger partial charge in [-0.1, -0.05) is 54.1 Å². The zero-order valence-corrected chi connectivity index (χ0v) is 23.1. The molecule has 4 aromatic rings. The number of ether oxygens (including phenoxy) is 2. The molecule has 0 radical (unpaired) electrons. The number of benzene rings is 3. The van der Waals surface area contributed by atoms with E-state index in [1.165, 1.54) is 16.1 Å². The van der Waals surface area contributed by atoms with Crippen molar-refractivity contribution in [2.75, 3.05) is 19.9 Å². The molecule has 0 unspecified atom stereocenters. The normalized spacial score (nSPS) is 11.8. The van der Waals surface area contributed by atoms with Gasteiger partial charge in [-0.2, -0.15) is 0 Å². The average molecular weight is 573 g/mol. The van der Waals surface area contributed by atoms with Crippen LogP contribution in [0, 0.1) is 0 Å². The van der Waals surface area contributed by atoms with Gasteiger partial charge in [0.15, 0.2) is 16.9 Å². The monoisotopic (exact) mass is 572 g/mol. The van der Waals surface area contributed by atoms with Crippen LogP contribution in [0.5, 0.6) is 11.5 Å². The van der Waals surface area contributed by atoms with Crippen LogP contribution in [0.1, 0.15) is 23.1 Å². The number of halogens is 1. The third-order valence-electron chi connectivity index (χ3n) is 6.83. The predicted octanol–water partition coefficient (Wildman–Crippen LogP) is 5.35. The third kappa shape index (κ3) is 6.78. The van der Waals surface area contributed by atoms with E-state index in [1.807, 2.05) is 36.4 Å². The lowest BCUT2D eigenvalue weighted by atomic mass is 10.1. The molecule has 1 aliphatic heterocycles. The van der Waals surface area contributed by atoms with E-state index in [1.54, 1.807) is 36.4 Å². The minimum atomic E-state index is -0.330. The first-order valence-corrected chi connectivity index (χ1v) is 13.6. The van der Waals surface area contributed by atoms with Crippen LogP contribution in [0.25, 0.3) is 11.0 Å². The minimum absolute atomic E-state index is 0.0296. The highest BCUT2D eigenvalue weighted by Gasteiger charge is 2.24. The number of amides is 2. The molecule has 0 saturated carbocycles. The minimum Gasteiger partial charge on any atom is -0.464 e. The zero-order chi connectivity index (χ0) is 28.8. The molecule has 0 N–H and O–H groups in total. The maximum Gasteiger partial charge on any atom is 0.242 e. The van der Waals surface area contributed by atoms with Gasteiger partial charge in [0.2, 0.25) is 18.6 Å². The SMILES string of the molecule is C=CCN(CC(=O)N(Cc1ccc2c(c1)OCO2)Cc1coc2ccc(Cl)cc2c1=O)C(=O)CCc1ccccc1. The molecule has 9 heteroatoms. The van der Waals surface area contributed by atoms with Gasteiger partial charge in [0.1, 0.15) is 12.1 Å². The fourth-order valence-corrected chi connectivity index (χ4v) is 4.85. The smallest absolute Gasteiger partial charge is 0.242 e. The summed E-state index contributed by atoms with van der Waals surface area (Å²) >= 11 is 6.12. The van der Waals surface area contributed by atoms with Crippen molar-refractivity contribution < 1.29 is 23.5 Å². The van der Waals surface area contributed by atoms with E-state index in [2.05, 4.69) is 6.58 Å². The number of fused-ring (bicyclic) bond motifs is 2. The molecule has 2 heterocycles. The van der Waals surface area contributed by atoms with Crippen LogP contribution in [0.2, 0.25) is 5.02 Å². The summed E-state index contributed by atoms with van der Waals surface area (Å²) in [6.07, 6.45) is 3.77. The number of nitrogens with zero attached hydrogens (tertiary/aromatic N) is 2. The van der Waals surface area contributed by atoms with E-state index >= 15 is 0 Å². The highest BCUT2D eigenvalue weighted by atomic mass is 35.5. The van der Waals surface area contributed by atoms with Crippen LogP contribution >= 0.6 is 11.6 Å². The maximum absolute atomic E-state index is 13.8. The van der Waals surface area contributed by atoms with Crippen LogP contribution in [-0.4, -0.2) is 41.5 Å². The second kappa shape index (κ2) is 12.7. The molecule has 0 bridgehead atoms. The van der Waals surface area contributed by atoms with Crippen molar-refractivity contribution in [2.24, 2.45) is 0 Å². The molecule has 0 aliphatic carbocycles. The number of carbonyl (C=O) groups is 2. The second-order valence-corrected chi connectivity index (χ2v) is 10.2. The zero-order valence-electron chi connectivity index (χ0n) is 22.4. The van der Waals surface area contributed by atoms with Gasteiger partial charge in [-0.15, -0.1) is 6.58 Å². The van der Waals surface area contributed by atoms with Crippen molar-refractivity contribution in [1.29, 1.82) is 0 Å². The van der Waals surface area contributed by atoms with Crippen LogP contribution in [0.3, 0.4) is 0 Å². The van der Waals surface area contributed by atoms with Gasteiger partial charge in [-0.05, 0) is 47.9 Å². The first-order valence-electron chi connectivity index (χ1n) is 13.2. The Hall–Kier alpha value is -4.56. The summed E-state index contributed by atoms with van der Waals surface area (Å²) in [5.41, 5.74) is 2.23. The van der Waals surface area contributed by atoms with Gasteiger partial charge >= 0.3 is 0 Å². The molecule has 210 valence electrons. The Balaban J connectivity index is 1.39. The lowest BCUT2D eigenvalue weighted by Gasteiger charge is -2.27. The van der Waals surface area contributed by atoms with Gasteiger partial charge in [0.25, 0.3) is 0 Å².